The van der Waals surface area contributed by atoms with Gasteiger partial charge in [0.15, 0.2) is 0 Å². The fraction of sp³-hybridized carbons (Fsp3) is 0.769. The van der Waals surface area contributed by atoms with Crippen molar-refractivity contribution in [3.63, 3.8) is 0 Å². The highest BCUT2D eigenvalue weighted by Crippen LogP contribution is 2.28. The van der Waals surface area contributed by atoms with Crippen LogP contribution in [0.15, 0.2) is 0 Å². The third-order valence-corrected chi connectivity index (χ3v) is 3.65. The summed E-state index contributed by atoms with van der Waals surface area (Å²) in [7, 11) is 0. The van der Waals surface area contributed by atoms with E-state index in [0.717, 1.165) is 37.3 Å². The molecule has 0 radical (unpaired) electrons. The van der Waals surface area contributed by atoms with Gasteiger partial charge in [-0.3, -0.25) is 0 Å². The molecule has 0 aliphatic carbocycles. The average molecular weight is 254 g/mol. The van der Waals surface area contributed by atoms with E-state index in [9.17, 15) is 5.11 Å². The van der Waals surface area contributed by atoms with Crippen LogP contribution in [0.3, 0.4) is 0 Å². The van der Waals surface area contributed by atoms with Gasteiger partial charge in [-0.25, -0.2) is 4.68 Å². The first kappa shape index (κ1) is 14.8. The first-order valence-corrected chi connectivity index (χ1v) is 6.75. The number of nitrogens with one attached hydrogen (secondary N) is 1. The van der Waals surface area contributed by atoms with Gasteiger partial charge in [-0.15, -0.1) is 0 Å². The van der Waals surface area contributed by atoms with E-state index >= 15 is 0 Å². The van der Waals surface area contributed by atoms with Gasteiger partial charge < -0.3 is 16.2 Å². The van der Waals surface area contributed by atoms with E-state index in [4.69, 9.17) is 5.73 Å². The molecule has 0 aromatic carbocycles. The normalized spacial score (nSPS) is 11.8. The molecular formula is C13H26N4O. The number of nitrogen functional groups attached to an aromatic ring is 1. The fourth-order valence-corrected chi connectivity index (χ4v) is 2.04. The van der Waals surface area contributed by atoms with Crippen LogP contribution in [-0.2, 0) is 6.54 Å². The summed E-state index contributed by atoms with van der Waals surface area (Å²) in [4.78, 5) is 0. The second kappa shape index (κ2) is 6.09. The van der Waals surface area contributed by atoms with Gasteiger partial charge in [-0.05, 0) is 26.2 Å². The smallest absolute Gasteiger partial charge is 0.148 e. The molecule has 0 atom stereocenters. The maximum absolute atomic E-state index is 9.62. The topological polar surface area (TPSA) is 76.1 Å². The largest absolute Gasteiger partial charge is 0.394 e. The predicted octanol–water partition coefficient (Wildman–Crippen LogP) is 2.15. The lowest BCUT2D eigenvalue weighted by Crippen LogP contribution is -2.41. The van der Waals surface area contributed by atoms with E-state index in [0.29, 0.717) is 5.69 Å². The molecular weight excluding hydrogens is 228 g/mol. The van der Waals surface area contributed by atoms with Crippen LogP contribution in [0, 0.1) is 6.92 Å². The molecule has 0 fully saturated rings. The van der Waals surface area contributed by atoms with Gasteiger partial charge >= 0.3 is 0 Å². The number of anilines is 2. The molecule has 1 heterocycles. The van der Waals surface area contributed by atoms with Crippen molar-refractivity contribution in [2.45, 2.75) is 59.0 Å². The average Bonchev–Trinajstić information content (AvgIpc) is 2.64. The minimum atomic E-state index is -0.313. The summed E-state index contributed by atoms with van der Waals surface area (Å²) in [5, 5.41) is 17.5. The Labute approximate surface area is 109 Å². The molecule has 0 aliphatic rings. The zero-order chi connectivity index (χ0) is 13.8. The molecule has 104 valence electrons. The molecule has 18 heavy (non-hydrogen) atoms. The SMILES string of the molecule is CCCn1nc(C)c(N)c1NC(CC)(CC)CO. The number of aliphatic hydroxyl groups is 1. The van der Waals surface area contributed by atoms with E-state index < -0.39 is 0 Å². The maximum atomic E-state index is 9.62. The van der Waals surface area contributed by atoms with Crippen molar-refractivity contribution in [2.24, 2.45) is 0 Å². The maximum Gasteiger partial charge on any atom is 0.148 e. The second-order valence-corrected chi connectivity index (χ2v) is 4.84. The Kier molecular flexibility index (Phi) is 5.02. The number of aryl methyl sites for hydroxylation is 2. The standard InChI is InChI=1S/C13H26N4O/c1-5-8-17-12(11(14)10(4)16-17)15-13(6-2,7-3)9-18/h15,18H,5-9,14H2,1-4H3. The van der Waals surface area contributed by atoms with Crippen LogP contribution in [0.4, 0.5) is 11.5 Å². The molecule has 5 nitrogen and oxygen atoms in total. The molecule has 0 unspecified atom stereocenters. The van der Waals surface area contributed by atoms with Crippen molar-refractivity contribution >= 4 is 11.5 Å². The monoisotopic (exact) mass is 254 g/mol. The number of nitrogens with two attached hydrogens (primary N) is 1. The molecule has 0 bridgehead atoms. The first-order chi connectivity index (χ1) is 8.53. The molecule has 0 aliphatic heterocycles. The van der Waals surface area contributed by atoms with Gasteiger partial charge in [0, 0.05) is 6.54 Å². The number of hydrogen-bond acceptors (Lipinski definition) is 4. The van der Waals surface area contributed by atoms with Crippen molar-refractivity contribution in [1.29, 1.82) is 0 Å². The van der Waals surface area contributed by atoms with Gasteiger partial charge in [-0.1, -0.05) is 20.8 Å². The molecule has 0 saturated carbocycles. The Morgan fingerprint density at radius 3 is 2.39 bits per heavy atom. The lowest BCUT2D eigenvalue weighted by atomic mass is 9.94. The Morgan fingerprint density at radius 2 is 1.94 bits per heavy atom. The fourth-order valence-electron chi connectivity index (χ4n) is 2.04. The number of nitrogens with zero attached hydrogens (tertiary/aromatic N) is 2. The zero-order valence-electron chi connectivity index (χ0n) is 12.0. The van der Waals surface area contributed by atoms with Gasteiger partial charge in [0.2, 0.25) is 0 Å². The minimum absolute atomic E-state index is 0.0930. The summed E-state index contributed by atoms with van der Waals surface area (Å²) in [6, 6.07) is 0. The Hall–Kier alpha value is -1.23. The highest BCUT2D eigenvalue weighted by molar-refractivity contribution is 5.65. The molecule has 1 aromatic heterocycles. The van der Waals surface area contributed by atoms with Crippen molar-refractivity contribution < 1.29 is 5.11 Å². The molecule has 1 aromatic rings. The zero-order valence-corrected chi connectivity index (χ0v) is 12.0. The van der Waals surface area contributed by atoms with Gasteiger partial charge in [0.1, 0.15) is 5.82 Å². The Balaban J connectivity index is 3.08. The van der Waals surface area contributed by atoms with Crippen LogP contribution in [0.1, 0.15) is 45.7 Å². The molecule has 4 N–H and O–H groups in total. The van der Waals surface area contributed by atoms with Gasteiger partial charge in [0.05, 0.1) is 23.5 Å². The number of aliphatic hydroxyl groups excluding tert-OH is 1. The third kappa shape index (κ3) is 2.77. The quantitative estimate of drug-likeness (QED) is 0.697. The third-order valence-electron chi connectivity index (χ3n) is 3.65. The summed E-state index contributed by atoms with van der Waals surface area (Å²) in [6.07, 6.45) is 2.69. The molecule has 5 heteroatoms. The van der Waals surface area contributed by atoms with Crippen molar-refractivity contribution in [2.75, 3.05) is 17.7 Å². The summed E-state index contributed by atoms with van der Waals surface area (Å²) in [6.45, 7) is 9.07. The van der Waals surface area contributed by atoms with Crippen molar-refractivity contribution in [3.05, 3.63) is 5.69 Å². The van der Waals surface area contributed by atoms with E-state index in [1.54, 1.807) is 0 Å². The lowest BCUT2D eigenvalue weighted by molar-refractivity contribution is 0.201. The van der Waals surface area contributed by atoms with Crippen LogP contribution in [0.5, 0.6) is 0 Å². The molecule has 0 saturated heterocycles. The minimum Gasteiger partial charge on any atom is -0.394 e. The number of hydrogen-bond donors (Lipinski definition) is 3. The van der Waals surface area contributed by atoms with Crippen LogP contribution >= 0.6 is 0 Å². The van der Waals surface area contributed by atoms with E-state index in [-0.39, 0.29) is 12.1 Å². The predicted molar refractivity (Wildman–Crippen MR) is 75.7 cm³/mol. The summed E-state index contributed by atoms with van der Waals surface area (Å²) in [5.74, 6) is 0.840. The van der Waals surface area contributed by atoms with Crippen LogP contribution < -0.4 is 11.1 Å². The number of rotatable bonds is 7. The van der Waals surface area contributed by atoms with Crippen LogP contribution in [-0.4, -0.2) is 27.0 Å². The Morgan fingerprint density at radius 1 is 1.33 bits per heavy atom. The van der Waals surface area contributed by atoms with Gasteiger partial charge in [-0.2, -0.15) is 5.10 Å². The van der Waals surface area contributed by atoms with E-state index in [1.165, 1.54) is 0 Å². The lowest BCUT2D eigenvalue weighted by Gasteiger charge is -2.32. The highest BCUT2D eigenvalue weighted by Gasteiger charge is 2.27. The van der Waals surface area contributed by atoms with Gasteiger partial charge in [0.25, 0.3) is 0 Å². The first-order valence-electron chi connectivity index (χ1n) is 6.75. The van der Waals surface area contributed by atoms with E-state index in [2.05, 4.69) is 31.2 Å². The van der Waals surface area contributed by atoms with E-state index in [1.807, 2.05) is 11.6 Å². The van der Waals surface area contributed by atoms with Crippen molar-refractivity contribution in [3.8, 4) is 0 Å². The molecule has 1 rings (SSSR count). The molecule has 0 spiro atoms. The summed E-state index contributed by atoms with van der Waals surface area (Å²) in [5.41, 5.74) is 7.29. The summed E-state index contributed by atoms with van der Waals surface area (Å²) >= 11 is 0. The van der Waals surface area contributed by atoms with Crippen molar-refractivity contribution in [1.82, 2.24) is 9.78 Å². The number of aromatic nitrogens is 2. The summed E-state index contributed by atoms with van der Waals surface area (Å²) < 4.78 is 1.90. The van der Waals surface area contributed by atoms with Crippen LogP contribution in [0.2, 0.25) is 0 Å². The Bertz CT molecular complexity index is 374. The van der Waals surface area contributed by atoms with Crippen LogP contribution in [0.25, 0.3) is 0 Å². The molecule has 0 amide bonds. The second-order valence-electron chi connectivity index (χ2n) is 4.84. The highest BCUT2D eigenvalue weighted by atomic mass is 16.3.